The van der Waals surface area contributed by atoms with Crippen LogP contribution in [0.5, 0.6) is 0 Å². The average molecular weight is 792 g/mol. The molecule has 3 atom stereocenters. The molecule has 1 saturated heterocycles. The van der Waals surface area contributed by atoms with Crippen molar-refractivity contribution in [3.05, 3.63) is 133 Å². The summed E-state index contributed by atoms with van der Waals surface area (Å²) in [5.74, 6) is -1.90. The van der Waals surface area contributed by atoms with Crippen molar-refractivity contribution in [2.45, 2.75) is 71.3 Å². The lowest BCUT2D eigenvalue weighted by atomic mass is 9.79. The van der Waals surface area contributed by atoms with E-state index in [-0.39, 0.29) is 41.2 Å². The number of β-lactam (4-membered cyclic amide) rings is 1. The van der Waals surface area contributed by atoms with E-state index in [1.807, 2.05) is 105 Å². The summed E-state index contributed by atoms with van der Waals surface area (Å²) in [6, 6.07) is 34.9. The van der Waals surface area contributed by atoms with Gasteiger partial charge in [-0.1, -0.05) is 124 Å². The Morgan fingerprint density at radius 3 is 1.80 bits per heavy atom. The Morgan fingerprint density at radius 1 is 0.857 bits per heavy atom. The molecule has 0 spiro atoms. The normalized spacial score (nSPS) is 16.3. The average Bonchev–Trinajstić information content (AvgIpc) is 3.17. The minimum Gasteiger partial charge on any atom is -0.457 e. The highest BCUT2D eigenvalue weighted by Crippen LogP contribution is 2.50. The highest BCUT2D eigenvalue weighted by molar-refractivity contribution is 7.96. The molecule has 0 unspecified atom stereocenters. The summed E-state index contributed by atoms with van der Waals surface area (Å²) in [6.45, 7) is 15.4. The van der Waals surface area contributed by atoms with Gasteiger partial charge in [0, 0.05) is 31.1 Å². The van der Waals surface area contributed by atoms with E-state index in [0.29, 0.717) is 17.8 Å². The monoisotopic (exact) mass is 791 g/mol. The van der Waals surface area contributed by atoms with E-state index >= 15 is 4.79 Å². The number of benzene rings is 4. The van der Waals surface area contributed by atoms with Crippen LogP contribution in [0, 0.1) is 5.92 Å². The van der Waals surface area contributed by atoms with Crippen LogP contribution in [0.25, 0.3) is 0 Å². The second-order valence-corrected chi connectivity index (χ2v) is 23.5. The highest BCUT2D eigenvalue weighted by atomic mass is 31.2. The minimum absolute atomic E-state index is 0.0721. The van der Waals surface area contributed by atoms with Crippen LogP contribution in [0.4, 0.5) is 10.5 Å². The highest BCUT2D eigenvalue weighted by Gasteiger charge is 2.57. The van der Waals surface area contributed by atoms with Gasteiger partial charge in [0.05, 0.1) is 18.1 Å². The van der Waals surface area contributed by atoms with Crippen molar-refractivity contribution in [2.24, 2.45) is 5.92 Å². The van der Waals surface area contributed by atoms with E-state index < -0.39 is 39.2 Å². The van der Waals surface area contributed by atoms with Gasteiger partial charge in [0.15, 0.2) is 14.1 Å². The third-order valence-corrected chi connectivity index (χ3v) is 19.6. The van der Waals surface area contributed by atoms with Crippen molar-refractivity contribution < 1.29 is 28.3 Å². The first kappa shape index (κ1) is 42.1. The topological polar surface area (TPSA) is 114 Å². The van der Waals surface area contributed by atoms with E-state index in [4.69, 9.17) is 9.16 Å². The number of nitrogens with zero attached hydrogens (tertiary/aromatic N) is 1. The van der Waals surface area contributed by atoms with Crippen molar-refractivity contribution in [3.8, 4) is 0 Å². The molecule has 3 amide bonds. The van der Waals surface area contributed by atoms with Crippen LogP contribution >= 0.6 is 6.89 Å². The van der Waals surface area contributed by atoms with Crippen molar-refractivity contribution >= 4 is 65.9 Å². The number of anilines is 1. The predicted octanol–water partition coefficient (Wildman–Crippen LogP) is 7.49. The molecular formula is C45H54N3O6PSi. The van der Waals surface area contributed by atoms with Crippen LogP contribution in [0.1, 0.15) is 51.4 Å². The summed E-state index contributed by atoms with van der Waals surface area (Å²) in [5.41, 5.74) is 1.14. The SMILES string of the molecule is C=CCOC(=O)C(N1C(=O)[C@H]([C@H](C)O[Si](C)(C)C(C)(C)C)[C@H]1CC(=O)c1ccc(NC(=O)NCC)cc1)=P(c1ccccc1)(c1ccccc1)c1ccccc1. The second-order valence-electron chi connectivity index (χ2n) is 15.5. The lowest BCUT2D eigenvalue weighted by Gasteiger charge is -2.53. The molecule has 56 heavy (non-hydrogen) atoms. The number of likely N-dealkylation sites (tertiary alicyclic amines) is 1. The molecule has 4 aromatic carbocycles. The number of esters is 1. The number of urea groups is 1. The van der Waals surface area contributed by atoms with E-state index in [2.05, 4.69) is 51.1 Å². The minimum atomic E-state index is -3.20. The van der Waals surface area contributed by atoms with Crippen LogP contribution in [-0.4, -0.2) is 67.6 Å². The Labute approximate surface area is 332 Å². The van der Waals surface area contributed by atoms with Gasteiger partial charge in [-0.05, 0) is 72.2 Å². The maximum Gasteiger partial charge on any atom is 0.356 e. The molecule has 2 N–H and O–H groups in total. The van der Waals surface area contributed by atoms with Crippen LogP contribution in [0.2, 0.25) is 18.1 Å². The zero-order valence-corrected chi connectivity index (χ0v) is 35.3. The Kier molecular flexibility index (Phi) is 13.4. The fourth-order valence-corrected chi connectivity index (χ4v) is 12.8. The number of ether oxygens (including phenoxy) is 1. The molecule has 0 bridgehead atoms. The number of ketones is 1. The van der Waals surface area contributed by atoms with Crippen LogP contribution in [-0.2, 0) is 18.8 Å². The fraction of sp³-hybridized carbons (Fsp3) is 0.311. The summed E-state index contributed by atoms with van der Waals surface area (Å²) in [4.78, 5) is 58.1. The van der Waals surface area contributed by atoms with Gasteiger partial charge in [-0.25, -0.2) is 9.59 Å². The number of nitrogens with one attached hydrogen (secondary N) is 2. The van der Waals surface area contributed by atoms with E-state index in [1.165, 1.54) is 6.08 Å². The third-order valence-electron chi connectivity index (χ3n) is 10.7. The number of hydrogen-bond donors (Lipinski definition) is 2. The maximum absolute atomic E-state index is 15.1. The third kappa shape index (κ3) is 8.68. The molecule has 0 saturated carbocycles. The van der Waals surface area contributed by atoms with Gasteiger partial charge in [-0.3, -0.25) is 9.59 Å². The number of hydrogen-bond acceptors (Lipinski definition) is 6. The first-order chi connectivity index (χ1) is 26.7. The summed E-state index contributed by atoms with van der Waals surface area (Å²) in [6.07, 6.45) is 0.871. The summed E-state index contributed by atoms with van der Waals surface area (Å²) in [5, 5.41) is 7.88. The Bertz CT molecular complexity index is 1980. The molecule has 0 aromatic heterocycles. The summed E-state index contributed by atoms with van der Waals surface area (Å²) >= 11 is 0. The van der Waals surface area contributed by atoms with Crippen molar-refractivity contribution in [3.63, 3.8) is 0 Å². The molecule has 11 heteroatoms. The Morgan fingerprint density at radius 2 is 1.36 bits per heavy atom. The van der Waals surface area contributed by atoms with Gasteiger partial charge in [0.1, 0.15) is 12.0 Å². The van der Waals surface area contributed by atoms with Gasteiger partial charge in [-0.15, -0.1) is 0 Å². The zero-order chi connectivity index (χ0) is 40.7. The molecular weight excluding hydrogens is 738 g/mol. The second kappa shape index (κ2) is 17.8. The first-order valence-corrected chi connectivity index (χ1v) is 23.8. The molecule has 1 fully saturated rings. The van der Waals surface area contributed by atoms with E-state index in [0.717, 1.165) is 15.9 Å². The van der Waals surface area contributed by atoms with Gasteiger partial charge < -0.3 is 24.7 Å². The molecule has 1 aliphatic heterocycles. The van der Waals surface area contributed by atoms with Gasteiger partial charge in [-0.2, -0.15) is 0 Å². The number of Topliss-reactive ketones (excluding diaryl/α,β-unsaturated/α-hetero) is 1. The van der Waals surface area contributed by atoms with Gasteiger partial charge in [0.2, 0.25) is 5.91 Å². The number of carbonyl (C=O) groups is 4. The van der Waals surface area contributed by atoms with Gasteiger partial charge >= 0.3 is 12.0 Å². The molecule has 1 aliphatic rings. The molecule has 0 radical (unpaired) electrons. The summed E-state index contributed by atoms with van der Waals surface area (Å²) < 4.78 is 12.8. The van der Waals surface area contributed by atoms with Crippen LogP contribution in [0.15, 0.2) is 128 Å². The standard InChI is InChI=1S/C45H54N3O6PSi/c1-9-30-53-43(51)42(55(35-20-14-11-15-21-35,36-22-16-12-17-23-36)37-24-18-13-19-25-37)48-38(40(41(48)50)32(3)54-56(7,8)45(4,5)6)31-39(49)33-26-28-34(29-27-33)47-44(52)46-10-2/h9,11-29,32,38,40H,1,10,30-31H2,2-8H3,(H2,46,47,52)/t32-,38+,40+/m0/s1. The lowest BCUT2D eigenvalue weighted by Crippen LogP contribution is -2.69. The molecule has 9 nitrogen and oxygen atoms in total. The van der Waals surface area contributed by atoms with Crippen molar-refractivity contribution in [1.82, 2.24) is 10.2 Å². The Hall–Kier alpha value is -5.02. The smallest absolute Gasteiger partial charge is 0.356 e. The van der Waals surface area contributed by atoms with Crippen LogP contribution < -0.4 is 26.5 Å². The van der Waals surface area contributed by atoms with Crippen molar-refractivity contribution in [2.75, 3.05) is 18.5 Å². The molecule has 0 aliphatic carbocycles. The molecule has 5 rings (SSSR count). The van der Waals surface area contributed by atoms with Crippen LogP contribution in [0.3, 0.4) is 0 Å². The molecule has 294 valence electrons. The van der Waals surface area contributed by atoms with Gasteiger partial charge in [0.25, 0.3) is 0 Å². The van der Waals surface area contributed by atoms with E-state index in [9.17, 15) is 14.4 Å². The lowest BCUT2D eigenvalue weighted by molar-refractivity contribution is -0.156. The number of amides is 3. The summed E-state index contributed by atoms with van der Waals surface area (Å²) in [7, 11) is -2.38. The first-order valence-electron chi connectivity index (χ1n) is 19.1. The van der Waals surface area contributed by atoms with E-state index in [1.54, 1.807) is 29.2 Å². The largest absolute Gasteiger partial charge is 0.457 e. The number of rotatable bonds is 15. The molecule has 4 aromatic rings. The Balaban J connectivity index is 1.76. The fourth-order valence-electron chi connectivity index (χ4n) is 7.02. The van der Waals surface area contributed by atoms with Crippen molar-refractivity contribution in [1.29, 1.82) is 0 Å². The number of carbonyl (C=O) groups excluding carboxylic acids is 4. The quantitative estimate of drug-likeness (QED) is 0.0322. The predicted molar refractivity (Wildman–Crippen MR) is 231 cm³/mol. The maximum atomic E-state index is 15.1. The zero-order valence-electron chi connectivity index (χ0n) is 33.5. The molecule has 1 heterocycles.